The summed E-state index contributed by atoms with van der Waals surface area (Å²) in [6, 6.07) is 13.6. The van der Waals surface area contributed by atoms with Crippen LogP contribution in [0.5, 0.6) is 5.88 Å². The molecule has 2 fully saturated rings. The molecule has 2 aliphatic heterocycles. The maximum Gasteiger partial charge on any atom is 0.254 e. The molecule has 4 aromatic rings. The number of halogens is 1. The number of amides is 2. The van der Waals surface area contributed by atoms with Crippen molar-refractivity contribution in [1.29, 1.82) is 0 Å². The second-order valence-electron chi connectivity index (χ2n) is 10.8. The van der Waals surface area contributed by atoms with Crippen LogP contribution in [0, 0.1) is 5.82 Å². The zero-order chi connectivity index (χ0) is 29.8. The zero-order valence-corrected chi connectivity index (χ0v) is 24.1. The van der Waals surface area contributed by atoms with E-state index in [0.29, 0.717) is 80.6 Å². The number of ether oxygens (including phenoxy) is 2. The molecule has 0 aliphatic carbocycles. The van der Waals surface area contributed by atoms with Gasteiger partial charge in [-0.25, -0.2) is 9.37 Å². The van der Waals surface area contributed by atoms with Crippen LogP contribution in [0.25, 0.3) is 22.1 Å². The quantitative estimate of drug-likeness (QED) is 0.316. The molecular formula is C32H34FN5O5. The Bertz CT molecular complexity index is 1610. The Morgan fingerprint density at radius 3 is 2.67 bits per heavy atom. The number of hydrogen-bond donors (Lipinski definition) is 1. The van der Waals surface area contributed by atoms with E-state index in [4.69, 9.17) is 14.0 Å². The van der Waals surface area contributed by atoms with Gasteiger partial charge >= 0.3 is 0 Å². The van der Waals surface area contributed by atoms with Crippen LogP contribution in [0.15, 0.2) is 59.3 Å². The number of likely N-dealkylation sites (tertiary alicyclic amines) is 1. The van der Waals surface area contributed by atoms with Gasteiger partial charge in [0.25, 0.3) is 5.91 Å². The molecule has 0 bridgehead atoms. The topological polar surface area (TPSA) is 110 Å². The first-order valence-corrected chi connectivity index (χ1v) is 14.7. The predicted molar refractivity (Wildman–Crippen MR) is 159 cm³/mol. The van der Waals surface area contributed by atoms with Crippen molar-refractivity contribution >= 4 is 28.5 Å². The normalized spacial score (nSPS) is 16.4. The molecule has 0 radical (unpaired) electrons. The van der Waals surface area contributed by atoms with E-state index >= 15 is 0 Å². The molecule has 1 N–H and O–H groups in total. The van der Waals surface area contributed by atoms with Crippen molar-refractivity contribution in [2.24, 2.45) is 0 Å². The number of rotatable bonds is 8. The van der Waals surface area contributed by atoms with Crippen LogP contribution in [0.3, 0.4) is 0 Å². The maximum atomic E-state index is 14.0. The summed E-state index contributed by atoms with van der Waals surface area (Å²) in [6.07, 6.45) is 3.06. The molecule has 11 heteroatoms. The molecule has 2 aromatic carbocycles. The van der Waals surface area contributed by atoms with E-state index in [2.05, 4.69) is 20.4 Å². The molecule has 10 nitrogen and oxygen atoms in total. The van der Waals surface area contributed by atoms with Gasteiger partial charge in [-0.15, -0.1) is 0 Å². The summed E-state index contributed by atoms with van der Waals surface area (Å²) >= 11 is 0. The average Bonchev–Trinajstić information content (AvgIpc) is 3.44. The molecule has 2 saturated heterocycles. The smallest absolute Gasteiger partial charge is 0.254 e. The standard InChI is InChI=1S/C32H34FN5O5/c1-2-42-30-18-26(32(40)38-10-8-21(9-11-38)31-25-7-6-23(33)17-28(25)43-36-31)27(19-34-30)22-4-3-5-24(16-22)35-29(39)20-37-12-14-41-15-13-37/h3-7,16-19,21H,2,8-15,20H2,1H3,(H,35,39). The van der Waals surface area contributed by atoms with Crippen LogP contribution in [0.1, 0.15) is 41.7 Å². The van der Waals surface area contributed by atoms with E-state index in [0.717, 1.165) is 29.7 Å². The average molecular weight is 588 g/mol. The number of nitrogens with zero attached hydrogens (tertiary/aromatic N) is 4. The fraction of sp³-hybridized carbons (Fsp3) is 0.375. The molecule has 0 atom stereocenters. The summed E-state index contributed by atoms with van der Waals surface area (Å²) in [5, 5.41) is 8.01. The van der Waals surface area contributed by atoms with E-state index in [9.17, 15) is 14.0 Å². The number of pyridine rings is 1. The molecular weight excluding hydrogens is 553 g/mol. The minimum absolute atomic E-state index is 0.101. The van der Waals surface area contributed by atoms with Gasteiger partial charge in [0.2, 0.25) is 11.8 Å². The van der Waals surface area contributed by atoms with Crippen LogP contribution in [-0.2, 0) is 9.53 Å². The first-order chi connectivity index (χ1) is 21.0. The fourth-order valence-corrected chi connectivity index (χ4v) is 5.75. The van der Waals surface area contributed by atoms with Crippen molar-refractivity contribution in [1.82, 2.24) is 19.9 Å². The lowest BCUT2D eigenvalue weighted by atomic mass is 9.91. The summed E-state index contributed by atoms with van der Waals surface area (Å²) in [5.74, 6) is -0.111. The molecule has 0 unspecified atom stereocenters. The number of hydrogen-bond acceptors (Lipinski definition) is 8. The van der Waals surface area contributed by atoms with Crippen molar-refractivity contribution in [3.8, 4) is 17.0 Å². The molecule has 2 aromatic heterocycles. The van der Waals surface area contributed by atoms with Crippen molar-refractivity contribution in [3.63, 3.8) is 0 Å². The lowest BCUT2D eigenvalue weighted by Crippen LogP contribution is -2.41. The summed E-state index contributed by atoms with van der Waals surface area (Å²) in [4.78, 5) is 35.0. The number of benzene rings is 2. The van der Waals surface area contributed by atoms with Crippen molar-refractivity contribution in [2.75, 3.05) is 57.9 Å². The second kappa shape index (κ2) is 12.9. The molecule has 224 valence electrons. The number of nitrogens with one attached hydrogen (secondary N) is 1. The number of fused-ring (bicyclic) bond motifs is 1. The van der Waals surface area contributed by atoms with Crippen LogP contribution in [-0.4, -0.2) is 84.3 Å². The number of carbonyl (C=O) groups is 2. The van der Waals surface area contributed by atoms with Gasteiger partial charge in [0.05, 0.1) is 37.6 Å². The van der Waals surface area contributed by atoms with Gasteiger partial charge in [0, 0.05) is 67.1 Å². The Labute approximate surface area is 248 Å². The number of carbonyl (C=O) groups excluding carboxylic acids is 2. The number of piperidine rings is 1. The van der Waals surface area contributed by atoms with Gasteiger partial charge in [-0.05, 0) is 49.6 Å². The second-order valence-corrected chi connectivity index (χ2v) is 10.8. The Hall–Kier alpha value is -4.35. The van der Waals surface area contributed by atoms with Crippen molar-refractivity contribution in [3.05, 3.63) is 71.8 Å². The molecule has 2 aliphatic rings. The maximum absolute atomic E-state index is 14.0. The Kier molecular flexibility index (Phi) is 8.62. The molecule has 4 heterocycles. The van der Waals surface area contributed by atoms with Gasteiger partial charge in [0.1, 0.15) is 5.82 Å². The molecule has 2 amide bonds. The highest BCUT2D eigenvalue weighted by Gasteiger charge is 2.29. The number of aromatic nitrogens is 2. The van der Waals surface area contributed by atoms with E-state index < -0.39 is 0 Å². The molecule has 43 heavy (non-hydrogen) atoms. The largest absolute Gasteiger partial charge is 0.478 e. The lowest BCUT2D eigenvalue weighted by Gasteiger charge is -2.32. The van der Waals surface area contributed by atoms with Crippen LogP contribution >= 0.6 is 0 Å². The third-order valence-corrected chi connectivity index (χ3v) is 7.96. The number of anilines is 1. The van der Waals surface area contributed by atoms with Gasteiger partial charge in [-0.1, -0.05) is 17.3 Å². The zero-order valence-electron chi connectivity index (χ0n) is 24.1. The van der Waals surface area contributed by atoms with Crippen LogP contribution in [0.2, 0.25) is 0 Å². The lowest BCUT2D eigenvalue weighted by molar-refractivity contribution is -0.118. The molecule has 0 spiro atoms. The van der Waals surface area contributed by atoms with Gasteiger partial charge in [-0.3, -0.25) is 14.5 Å². The summed E-state index contributed by atoms with van der Waals surface area (Å²) < 4.78 is 30.0. The highest BCUT2D eigenvalue weighted by Crippen LogP contribution is 2.35. The van der Waals surface area contributed by atoms with Gasteiger partial charge < -0.3 is 24.2 Å². The first-order valence-electron chi connectivity index (χ1n) is 14.7. The van der Waals surface area contributed by atoms with Gasteiger partial charge in [0.15, 0.2) is 5.58 Å². The van der Waals surface area contributed by atoms with Crippen molar-refractivity contribution < 1.29 is 28.0 Å². The molecule has 0 saturated carbocycles. The molecule has 6 rings (SSSR count). The third kappa shape index (κ3) is 6.52. The monoisotopic (exact) mass is 587 g/mol. The summed E-state index contributed by atoms with van der Waals surface area (Å²) in [6.45, 7) is 6.34. The van der Waals surface area contributed by atoms with Crippen LogP contribution < -0.4 is 10.1 Å². The Morgan fingerprint density at radius 1 is 1.07 bits per heavy atom. The SMILES string of the molecule is CCOc1cc(C(=O)N2CCC(c3noc4cc(F)ccc34)CC2)c(-c2cccc(NC(=O)CN3CCOCC3)c2)cn1. The minimum atomic E-state index is -0.365. The Morgan fingerprint density at radius 2 is 1.88 bits per heavy atom. The summed E-state index contributed by atoms with van der Waals surface area (Å²) in [5.41, 5.74) is 3.78. The summed E-state index contributed by atoms with van der Waals surface area (Å²) in [7, 11) is 0. The highest BCUT2D eigenvalue weighted by atomic mass is 19.1. The van der Waals surface area contributed by atoms with Gasteiger partial charge in [-0.2, -0.15) is 0 Å². The third-order valence-electron chi connectivity index (χ3n) is 7.96. The van der Waals surface area contributed by atoms with E-state index in [1.54, 1.807) is 18.3 Å². The van der Waals surface area contributed by atoms with E-state index in [1.807, 2.05) is 36.1 Å². The Balaban J connectivity index is 1.19. The first kappa shape index (κ1) is 28.8. The minimum Gasteiger partial charge on any atom is -0.478 e. The van der Waals surface area contributed by atoms with Crippen LogP contribution in [0.4, 0.5) is 10.1 Å². The highest BCUT2D eigenvalue weighted by molar-refractivity contribution is 6.01. The van der Waals surface area contributed by atoms with E-state index in [1.165, 1.54) is 12.1 Å². The number of morpholine rings is 1. The predicted octanol–water partition coefficient (Wildman–Crippen LogP) is 4.72. The van der Waals surface area contributed by atoms with E-state index in [-0.39, 0.29) is 23.5 Å². The fourth-order valence-electron chi connectivity index (χ4n) is 5.75. The van der Waals surface area contributed by atoms with Crippen molar-refractivity contribution in [2.45, 2.75) is 25.7 Å².